The molecule has 0 saturated heterocycles. The second-order valence-electron chi connectivity index (χ2n) is 6.52. The minimum Gasteiger partial charge on any atom is -0.310 e. The Morgan fingerprint density at radius 2 is 1.72 bits per heavy atom. The second-order valence-corrected chi connectivity index (χ2v) is 6.52. The summed E-state index contributed by atoms with van der Waals surface area (Å²) in [5.74, 6) is 0. The summed E-state index contributed by atoms with van der Waals surface area (Å²) in [4.78, 5) is 0. The van der Waals surface area contributed by atoms with E-state index in [-0.39, 0.29) is 0 Å². The minimum absolute atomic E-state index is 0.414. The first-order chi connectivity index (χ1) is 8.42. The largest absolute Gasteiger partial charge is 0.310 e. The van der Waals surface area contributed by atoms with Crippen LogP contribution < -0.4 is 5.32 Å². The zero-order chi connectivity index (χ0) is 13.6. The average molecular weight is 247 g/mol. The minimum atomic E-state index is 0.414. The van der Waals surface area contributed by atoms with Crippen LogP contribution >= 0.6 is 0 Å². The molecule has 1 atom stereocenters. The average Bonchev–Trinajstić information content (AvgIpc) is 2.29. The maximum atomic E-state index is 3.68. The maximum Gasteiger partial charge on any atom is 0.0320 e. The van der Waals surface area contributed by atoms with Crippen molar-refractivity contribution in [2.75, 3.05) is 6.54 Å². The smallest absolute Gasteiger partial charge is 0.0320 e. The normalized spacial score (nSPS) is 13.6. The molecule has 0 fully saturated rings. The molecule has 0 aliphatic rings. The van der Waals surface area contributed by atoms with Gasteiger partial charge in [-0.25, -0.2) is 0 Å². The van der Waals surface area contributed by atoms with Crippen LogP contribution in [0, 0.1) is 12.3 Å². The third kappa shape index (κ3) is 5.68. The lowest BCUT2D eigenvalue weighted by Gasteiger charge is -2.24. The molecular formula is C17H29N. The van der Waals surface area contributed by atoms with Crippen molar-refractivity contribution in [1.29, 1.82) is 0 Å². The van der Waals surface area contributed by atoms with Crippen LogP contribution in [0.3, 0.4) is 0 Å². The van der Waals surface area contributed by atoms with E-state index < -0.39 is 0 Å². The summed E-state index contributed by atoms with van der Waals surface area (Å²) < 4.78 is 0. The van der Waals surface area contributed by atoms with Gasteiger partial charge in [0.15, 0.2) is 0 Å². The number of hydrogen-bond donors (Lipinski definition) is 1. The van der Waals surface area contributed by atoms with Gasteiger partial charge in [0.05, 0.1) is 0 Å². The van der Waals surface area contributed by atoms with Gasteiger partial charge >= 0.3 is 0 Å². The standard InChI is InChI=1S/C17H29N/c1-6-13-18-16(11-12-17(3,4)5)15-9-7-14(2)8-10-15/h7-10,16,18H,6,11-13H2,1-5H3. The molecule has 0 aliphatic heterocycles. The van der Waals surface area contributed by atoms with E-state index in [2.05, 4.69) is 64.2 Å². The Morgan fingerprint density at radius 3 is 2.22 bits per heavy atom. The molecule has 102 valence electrons. The number of rotatable bonds is 6. The quantitative estimate of drug-likeness (QED) is 0.757. The van der Waals surface area contributed by atoms with Crippen molar-refractivity contribution in [3.8, 4) is 0 Å². The topological polar surface area (TPSA) is 12.0 Å². The third-order valence-electron chi connectivity index (χ3n) is 3.30. The van der Waals surface area contributed by atoms with Crippen LogP contribution in [0.15, 0.2) is 24.3 Å². The molecule has 1 rings (SSSR count). The Labute approximate surface area is 113 Å². The monoisotopic (exact) mass is 247 g/mol. The summed E-state index contributed by atoms with van der Waals surface area (Å²) in [6.07, 6.45) is 3.66. The molecule has 1 N–H and O–H groups in total. The highest BCUT2D eigenvalue weighted by molar-refractivity contribution is 5.24. The SMILES string of the molecule is CCCNC(CCC(C)(C)C)c1ccc(C)cc1. The van der Waals surface area contributed by atoms with Crippen molar-refractivity contribution in [2.24, 2.45) is 5.41 Å². The van der Waals surface area contributed by atoms with Crippen molar-refractivity contribution in [3.63, 3.8) is 0 Å². The van der Waals surface area contributed by atoms with Gasteiger partial charge in [-0.15, -0.1) is 0 Å². The van der Waals surface area contributed by atoms with Crippen LogP contribution in [0.2, 0.25) is 0 Å². The van der Waals surface area contributed by atoms with Gasteiger partial charge in [-0.3, -0.25) is 0 Å². The van der Waals surface area contributed by atoms with Gasteiger partial charge in [-0.2, -0.15) is 0 Å². The highest BCUT2D eigenvalue weighted by atomic mass is 14.9. The fourth-order valence-electron chi connectivity index (χ4n) is 2.08. The molecule has 18 heavy (non-hydrogen) atoms. The highest BCUT2D eigenvalue weighted by Gasteiger charge is 2.16. The van der Waals surface area contributed by atoms with Crippen LogP contribution in [0.25, 0.3) is 0 Å². The van der Waals surface area contributed by atoms with Crippen molar-refractivity contribution < 1.29 is 0 Å². The molecule has 0 spiro atoms. The Hall–Kier alpha value is -0.820. The van der Waals surface area contributed by atoms with Crippen molar-refractivity contribution in [3.05, 3.63) is 35.4 Å². The zero-order valence-corrected chi connectivity index (χ0v) is 12.7. The Bertz CT molecular complexity index is 332. The van der Waals surface area contributed by atoms with E-state index >= 15 is 0 Å². The van der Waals surface area contributed by atoms with E-state index in [4.69, 9.17) is 0 Å². The maximum absolute atomic E-state index is 3.68. The third-order valence-corrected chi connectivity index (χ3v) is 3.30. The molecule has 0 heterocycles. The van der Waals surface area contributed by atoms with Gasteiger partial charge in [-0.05, 0) is 43.7 Å². The summed E-state index contributed by atoms with van der Waals surface area (Å²) in [5, 5.41) is 3.68. The fourth-order valence-corrected chi connectivity index (χ4v) is 2.08. The van der Waals surface area contributed by atoms with Crippen LogP contribution in [0.5, 0.6) is 0 Å². The lowest BCUT2D eigenvalue weighted by Crippen LogP contribution is -2.23. The lowest BCUT2D eigenvalue weighted by atomic mass is 9.87. The fraction of sp³-hybridized carbons (Fsp3) is 0.647. The molecule has 0 aromatic heterocycles. The van der Waals surface area contributed by atoms with Gasteiger partial charge in [-0.1, -0.05) is 57.5 Å². The summed E-state index contributed by atoms with van der Waals surface area (Å²) >= 11 is 0. The van der Waals surface area contributed by atoms with E-state index in [9.17, 15) is 0 Å². The van der Waals surface area contributed by atoms with E-state index in [1.165, 1.54) is 30.4 Å². The summed E-state index contributed by atoms with van der Waals surface area (Å²) in [7, 11) is 0. The van der Waals surface area contributed by atoms with Gasteiger partial charge in [0.25, 0.3) is 0 Å². The first kappa shape index (κ1) is 15.2. The molecule has 0 radical (unpaired) electrons. The van der Waals surface area contributed by atoms with Crippen molar-refractivity contribution >= 4 is 0 Å². The summed E-state index contributed by atoms with van der Waals surface area (Å²) in [5.41, 5.74) is 3.18. The molecule has 0 bridgehead atoms. The molecule has 1 heteroatoms. The number of aryl methyl sites for hydroxylation is 1. The van der Waals surface area contributed by atoms with Crippen LogP contribution in [0.1, 0.15) is 64.1 Å². The Balaban J connectivity index is 2.68. The summed E-state index contributed by atoms with van der Waals surface area (Å²) in [6.45, 7) is 12.4. The molecule has 0 saturated carbocycles. The van der Waals surface area contributed by atoms with Crippen LogP contribution in [-0.2, 0) is 0 Å². The van der Waals surface area contributed by atoms with Crippen molar-refractivity contribution in [2.45, 2.75) is 59.9 Å². The molecule has 1 aromatic rings. The first-order valence-corrected chi connectivity index (χ1v) is 7.22. The Morgan fingerprint density at radius 1 is 1.11 bits per heavy atom. The highest BCUT2D eigenvalue weighted by Crippen LogP contribution is 2.27. The van der Waals surface area contributed by atoms with Gasteiger partial charge in [0.1, 0.15) is 0 Å². The Kier molecular flexibility index (Phi) is 5.87. The van der Waals surface area contributed by atoms with Gasteiger partial charge in [0, 0.05) is 6.04 Å². The van der Waals surface area contributed by atoms with E-state index in [0.717, 1.165) is 6.54 Å². The first-order valence-electron chi connectivity index (χ1n) is 7.22. The van der Waals surface area contributed by atoms with E-state index in [1.807, 2.05) is 0 Å². The van der Waals surface area contributed by atoms with Gasteiger partial charge in [0.2, 0.25) is 0 Å². The van der Waals surface area contributed by atoms with Crippen molar-refractivity contribution in [1.82, 2.24) is 5.32 Å². The molecule has 1 unspecified atom stereocenters. The van der Waals surface area contributed by atoms with E-state index in [1.54, 1.807) is 0 Å². The lowest BCUT2D eigenvalue weighted by molar-refractivity contribution is 0.332. The molecule has 1 nitrogen and oxygen atoms in total. The predicted octanol–water partition coefficient (Wildman–Crippen LogP) is 4.86. The molecular weight excluding hydrogens is 218 g/mol. The number of nitrogens with one attached hydrogen (secondary N) is 1. The van der Waals surface area contributed by atoms with Gasteiger partial charge < -0.3 is 5.32 Å². The zero-order valence-electron chi connectivity index (χ0n) is 12.7. The van der Waals surface area contributed by atoms with Crippen LogP contribution in [-0.4, -0.2) is 6.54 Å². The second kappa shape index (κ2) is 6.94. The predicted molar refractivity (Wildman–Crippen MR) is 80.9 cm³/mol. The summed E-state index contributed by atoms with van der Waals surface area (Å²) in [6, 6.07) is 9.47. The molecule has 0 aliphatic carbocycles. The molecule has 0 amide bonds. The molecule has 1 aromatic carbocycles. The van der Waals surface area contributed by atoms with Crippen LogP contribution in [0.4, 0.5) is 0 Å². The number of benzene rings is 1. The van der Waals surface area contributed by atoms with E-state index in [0.29, 0.717) is 11.5 Å². The number of hydrogen-bond acceptors (Lipinski definition) is 1.